The number of carbonyl (C=O) groups excluding carboxylic acids is 1. The molecule has 1 aromatic carbocycles. The molecular weight excluding hydrogens is 288 g/mol. The van der Waals surface area contributed by atoms with E-state index in [1.54, 1.807) is 43.8 Å². The third kappa shape index (κ3) is 3.72. The second-order valence-corrected chi connectivity index (χ2v) is 5.82. The minimum Gasteiger partial charge on any atom is -0.497 e. The average Bonchev–Trinajstić information content (AvgIpc) is 2.82. The Balaban J connectivity index is 2.09. The quantitative estimate of drug-likeness (QED) is 0.922. The van der Waals surface area contributed by atoms with E-state index in [4.69, 9.17) is 9.47 Å². The highest BCUT2D eigenvalue weighted by Crippen LogP contribution is 2.22. The second-order valence-electron chi connectivity index (χ2n) is 4.53. The van der Waals surface area contributed by atoms with E-state index in [0.29, 0.717) is 23.6 Å². The van der Waals surface area contributed by atoms with E-state index < -0.39 is 0 Å². The van der Waals surface area contributed by atoms with Crippen LogP contribution in [-0.4, -0.2) is 25.1 Å². The highest BCUT2D eigenvalue weighted by atomic mass is 32.1. The normalized spacial score (nSPS) is 10.3. The van der Waals surface area contributed by atoms with E-state index in [9.17, 15) is 4.79 Å². The number of hydrogen-bond donors (Lipinski definition) is 1. The zero-order chi connectivity index (χ0) is 15.4. The van der Waals surface area contributed by atoms with Crippen LogP contribution in [0, 0.1) is 13.8 Å². The fourth-order valence-corrected chi connectivity index (χ4v) is 2.68. The third-order valence-electron chi connectivity index (χ3n) is 3.09. The van der Waals surface area contributed by atoms with Gasteiger partial charge in [-0.2, -0.15) is 0 Å². The van der Waals surface area contributed by atoms with Crippen LogP contribution < -0.4 is 14.8 Å². The van der Waals surface area contributed by atoms with Gasteiger partial charge in [0.1, 0.15) is 16.5 Å². The molecule has 0 atom stereocenters. The van der Waals surface area contributed by atoms with Gasteiger partial charge in [-0.15, -0.1) is 11.3 Å². The van der Waals surface area contributed by atoms with Gasteiger partial charge in [0, 0.05) is 16.5 Å². The van der Waals surface area contributed by atoms with Crippen molar-refractivity contribution in [2.45, 2.75) is 20.4 Å². The Kier molecular flexibility index (Phi) is 4.80. The lowest BCUT2D eigenvalue weighted by Gasteiger charge is -2.08. The van der Waals surface area contributed by atoms with Crippen LogP contribution in [0.25, 0.3) is 0 Å². The predicted octanol–water partition coefficient (Wildman–Crippen LogP) is 2.71. The number of ether oxygens (including phenoxy) is 2. The number of rotatable bonds is 5. The Labute approximate surface area is 127 Å². The monoisotopic (exact) mass is 306 g/mol. The van der Waals surface area contributed by atoms with Crippen LogP contribution in [0.15, 0.2) is 18.2 Å². The Morgan fingerprint density at radius 1 is 1.19 bits per heavy atom. The second kappa shape index (κ2) is 6.58. The van der Waals surface area contributed by atoms with Gasteiger partial charge in [-0.05, 0) is 26.0 Å². The van der Waals surface area contributed by atoms with Crippen LogP contribution in [-0.2, 0) is 6.54 Å². The van der Waals surface area contributed by atoms with Crippen LogP contribution >= 0.6 is 11.3 Å². The lowest BCUT2D eigenvalue weighted by Crippen LogP contribution is -2.22. The zero-order valence-electron chi connectivity index (χ0n) is 12.5. The van der Waals surface area contributed by atoms with Gasteiger partial charge >= 0.3 is 0 Å². The molecule has 0 aliphatic carbocycles. The molecule has 1 heterocycles. The van der Waals surface area contributed by atoms with Crippen molar-refractivity contribution >= 4 is 17.2 Å². The molecule has 0 saturated heterocycles. The zero-order valence-corrected chi connectivity index (χ0v) is 13.3. The summed E-state index contributed by atoms with van der Waals surface area (Å²) in [6, 6.07) is 5.08. The highest BCUT2D eigenvalue weighted by Gasteiger charge is 2.11. The average molecular weight is 306 g/mol. The smallest absolute Gasteiger partial charge is 0.251 e. The number of thiazole rings is 1. The van der Waals surface area contributed by atoms with Gasteiger partial charge in [-0.1, -0.05) is 0 Å². The van der Waals surface area contributed by atoms with Crippen molar-refractivity contribution in [1.29, 1.82) is 0 Å². The number of aryl methyl sites for hydroxylation is 2. The lowest BCUT2D eigenvalue weighted by atomic mass is 10.2. The first-order valence-electron chi connectivity index (χ1n) is 6.47. The van der Waals surface area contributed by atoms with Crippen LogP contribution in [0.4, 0.5) is 0 Å². The summed E-state index contributed by atoms with van der Waals surface area (Å²) in [5.41, 5.74) is 1.50. The number of amides is 1. The summed E-state index contributed by atoms with van der Waals surface area (Å²) in [5, 5.41) is 3.75. The van der Waals surface area contributed by atoms with Crippen LogP contribution in [0.2, 0.25) is 0 Å². The molecule has 0 spiro atoms. The van der Waals surface area contributed by atoms with Gasteiger partial charge in [-0.25, -0.2) is 4.98 Å². The van der Waals surface area contributed by atoms with Gasteiger partial charge in [0.05, 0.1) is 26.5 Å². The molecule has 0 aliphatic rings. The minimum atomic E-state index is -0.183. The number of carbonyl (C=O) groups is 1. The van der Waals surface area contributed by atoms with E-state index >= 15 is 0 Å². The fraction of sp³-hybridized carbons (Fsp3) is 0.333. The summed E-state index contributed by atoms with van der Waals surface area (Å²) in [5.74, 6) is 0.985. The summed E-state index contributed by atoms with van der Waals surface area (Å²) in [6.07, 6.45) is 0. The van der Waals surface area contributed by atoms with E-state index in [1.165, 1.54) is 4.88 Å². The Morgan fingerprint density at radius 3 is 2.29 bits per heavy atom. The van der Waals surface area contributed by atoms with Crippen LogP contribution in [0.3, 0.4) is 0 Å². The van der Waals surface area contributed by atoms with E-state index in [0.717, 1.165) is 10.7 Å². The molecule has 2 aromatic rings. The number of hydrogen-bond acceptors (Lipinski definition) is 5. The summed E-state index contributed by atoms with van der Waals surface area (Å²) in [6.45, 7) is 4.40. The van der Waals surface area contributed by atoms with Gasteiger partial charge in [0.25, 0.3) is 5.91 Å². The van der Waals surface area contributed by atoms with E-state index in [1.807, 2.05) is 13.8 Å². The standard InChI is InChI=1S/C15H18N2O3S/c1-9-10(2)21-14(17-9)8-16-15(18)11-5-12(19-3)7-13(6-11)20-4/h5-7H,8H2,1-4H3,(H,16,18). The predicted molar refractivity (Wildman–Crippen MR) is 82.3 cm³/mol. The molecule has 0 radical (unpaired) electrons. The van der Waals surface area contributed by atoms with Crippen molar-refractivity contribution < 1.29 is 14.3 Å². The Morgan fingerprint density at radius 2 is 1.81 bits per heavy atom. The Hall–Kier alpha value is -2.08. The minimum absolute atomic E-state index is 0.183. The SMILES string of the molecule is COc1cc(OC)cc(C(=O)NCc2nc(C)c(C)s2)c1. The maximum Gasteiger partial charge on any atom is 0.251 e. The molecule has 0 bridgehead atoms. The first-order valence-corrected chi connectivity index (χ1v) is 7.29. The molecule has 2 rings (SSSR count). The summed E-state index contributed by atoms with van der Waals surface area (Å²) in [4.78, 5) is 17.8. The number of nitrogens with one attached hydrogen (secondary N) is 1. The highest BCUT2D eigenvalue weighted by molar-refractivity contribution is 7.11. The third-order valence-corrected chi connectivity index (χ3v) is 4.16. The van der Waals surface area contributed by atoms with Crippen molar-refractivity contribution in [2.75, 3.05) is 14.2 Å². The number of aromatic nitrogens is 1. The first kappa shape index (κ1) is 15.3. The fourth-order valence-electron chi connectivity index (χ4n) is 1.81. The van der Waals surface area contributed by atoms with Gasteiger partial charge < -0.3 is 14.8 Å². The molecule has 6 heteroatoms. The maximum atomic E-state index is 12.2. The Bertz CT molecular complexity index is 611. The molecule has 5 nitrogen and oxygen atoms in total. The molecule has 21 heavy (non-hydrogen) atoms. The molecule has 0 unspecified atom stereocenters. The molecule has 1 amide bonds. The van der Waals surface area contributed by atoms with E-state index in [-0.39, 0.29) is 5.91 Å². The van der Waals surface area contributed by atoms with Gasteiger partial charge in [0.15, 0.2) is 0 Å². The topological polar surface area (TPSA) is 60.5 Å². The van der Waals surface area contributed by atoms with Crippen molar-refractivity contribution in [3.63, 3.8) is 0 Å². The lowest BCUT2D eigenvalue weighted by molar-refractivity contribution is 0.0950. The van der Waals surface area contributed by atoms with Crippen molar-refractivity contribution in [3.05, 3.63) is 39.3 Å². The largest absolute Gasteiger partial charge is 0.497 e. The van der Waals surface area contributed by atoms with Gasteiger partial charge in [-0.3, -0.25) is 4.79 Å². The number of methoxy groups -OCH3 is 2. The summed E-state index contributed by atoms with van der Waals surface area (Å²) >= 11 is 1.59. The molecular formula is C15H18N2O3S. The molecule has 0 fully saturated rings. The summed E-state index contributed by atoms with van der Waals surface area (Å²) in [7, 11) is 3.11. The molecule has 1 aromatic heterocycles. The summed E-state index contributed by atoms with van der Waals surface area (Å²) < 4.78 is 10.3. The van der Waals surface area contributed by atoms with Gasteiger partial charge in [0.2, 0.25) is 0 Å². The van der Waals surface area contributed by atoms with Crippen molar-refractivity contribution in [2.24, 2.45) is 0 Å². The number of benzene rings is 1. The van der Waals surface area contributed by atoms with Crippen LogP contribution in [0.5, 0.6) is 11.5 Å². The number of nitrogens with zero attached hydrogens (tertiary/aromatic N) is 1. The van der Waals surface area contributed by atoms with Crippen molar-refractivity contribution in [1.82, 2.24) is 10.3 Å². The molecule has 1 N–H and O–H groups in total. The maximum absolute atomic E-state index is 12.2. The first-order chi connectivity index (χ1) is 10.0. The molecule has 112 valence electrons. The van der Waals surface area contributed by atoms with Crippen LogP contribution in [0.1, 0.15) is 25.9 Å². The van der Waals surface area contributed by atoms with E-state index in [2.05, 4.69) is 10.3 Å². The van der Waals surface area contributed by atoms with Crippen molar-refractivity contribution in [3.8, 4) is 11.5 Å². The molecule has 0 aliphatic heterocycles. The molecule has 0 saturated carbocycles.